The third-order valence-electron chi connectivity index (χ3n) is 6.39. The van der Waals surface area contributed by atoms with E-state index in [9.17, 15) is 9.59 Å². The van der Waals surface area contributed by atoms with Gasteiger partial charge in [0.15, 0.2) is 5.78 Å². The number of ether oxygens (including phenoxy) is 3. The van der Waals surface area contributed by atoms with Crippen molar-refractivity contribution in [2.75, 3.05) is 21.3 Å². The number of aliphatic imine (C=N–C) groups is 1. The quantitative estimate of drug-likeness (QED) is 0.651. The van der Waals surface area contributed by atoms with E-state index >= 15 is 0 Å². The fourth-order valence-corrected chi connectivity index (χ4v) is 4.86. The van der Waals surface area contributed by atoms with E-state index in [0.717, 1.165) is 16.8 Å². The standard InChI is InChI=1S/C26H27NO5/c1-15-23(26(29)32-4)24(19-11-10-18(30-2)14-22(19)31-3)25-20(27-15)12-17(13-21(25)28)16-8-6-5-7-9-16/h5-11,14,17,23-24H,12-13H2,1-4H3/t17-,23?,24+/m1/s1. The van der Waals surface area contributed by atoms with Crippen molar-refractivity contribution in [1.29, 1.82) is 0 Å². The number of esters is 1. The van der Waals surface area contributed by atoms with Crippen molar-refractivity contribution in [3.63, 3.8) is 0 Å². The molecule has 1 heterocycles. The Balaban J connectivity index is 1.86. The Bertz CT molecular complexity index is 1100. The fourth-order valence-electron chi connectivity index (χ4n) is 4.86. The first kappa shape index (κ1) is 21.8. The molecule has 2 aliphatic rings. The predicted octanol–water partition coefficient (Wildman–Crippen LogP) is 4.45. The summed E-state index contributed by atoms with van der Waals surface area (Å²) in [6.07, 6.45) is 1.02. The Morgan fingerprint density at radius 1 is 1.00 bits per heavy atom. The first-order chi connectivity index (χ1) is 15.5. The van der Waals surface area contributed by atoms with Crippen LogP contribution in [0.4, 0.5) is 0 Å². The Morgan fingerprint density at radius 2 is 1.75 bits per heavy atom. The highest BCUT2D eigenvalue weighted by Crippen LogP contribution is 2.49. The van der Waals surface area contributed by atoms with Crippen LogP contribution < -0.4 is 9.47 Å². The lowest BCUT2D eigenvalue weighted by Crippen LogP contribution is -2.38. The van der Waals surface area contributed by atoms with Crippen LogP contribution in [0.15, 0.2) is 64.8 Å². The molecule has 0 saturated heterocycles. The van der Waals surface area contributed by atoms with Gasteiger partial charge in [-0.2, -0.15) is 0 Å². The van der Waals surface area contributed by atoms with Gasteiger partial charge < -0.3 is 14.2 Å². The van der Waals surface area contributed by atoms with Gasteiger partial charge in [0.2, 0.25) is 0 Å². The zero-order valence-electron chi connectivity index (χ0n) is 18.8. The molecule has 6 nitrogen and oxygen atoms in total. The smallest absolute Gasteiger partial charge is 0.315 e. The van der Waals surface area contributed by atoms with Gasteiger partial charge in [-0.15, -0.1) is 0 Å². The molecule has 6 heteroatoms. The summed E-state index contributed by atoms with van der Waals surface area (Å²) in [5, 5.41) is 0. The summed E-state index contributed by atoms with van der Waals surface area (Å²) in [5.74, 6) is -0.380. The lowest BCUT2D eigenvalue weighted by atomic mass is 9.69. The van der Waals surface area contributed by atoms with Crippen LogP contribution in [-0.2, 0) is 14.3 Å². The van der Waals surface area contributed by atoms with Crippen LogP contribution >= 0.6 is 0 Å². The van der Waals surface area contributed by atoms with Gasteiger partial charge in [0.1, 0.15) is 17.4 Å². The summed E-state index contributed by atoms with van der Waals surface area (Å²) in [6.45, 7) is 1.82. The van der Waals surface area contributed by atoms with Gasteiger partial charge in [-0.25, -0.2) is 0 Å². The summed E-state index contributed by atoms with van der Waals surface area (Å²) < 4.78 is 16.1. The topological polar surface area (TPSA) is 74.2 Å². The van der Waals surface area contributed by atoms with E-state index in [1.165, 1.54) is 7.11 Å². The van der Waals surface area contributed by atoms with Gasteiger partial charge in [-0.05, 0) is 30.9 Å². The van der Waals surface area contributed by atoms with E-state index in [1.54, 1.807) is 20.3 Å². The number of benzene rings is 2. The van der Waals surface area contributed by atoms with Crippen molar-refractivity contribution in [3.8, 4) is 11.5 Å². The van der Waals surface area contributed by atoms with Gasteiger partial charge in [0.05, 0.1) is 21.3 Å². The number of ketones is 1. The summed E-state index contributed by atoms with van der Waals surface area (Å²) in [4.78, 5) is 31.1. The summed E-state index contributed by atoms with van der Waals surface area (Å²) in [5.41, 5.74) is 3.84. The molecular formula is C26H27NO5. The van der Waals surface area contributed by atoms with E-state index in [0.29, 0.717) is 35.6 Å². The minimum Gasteiger partial charge on any atom is -0.497 e. The second-order valence-electron chi connectivity index (χ2n) is 8.14. The van der Waals surface area contributed by atoms with Gasteiger partial charge >= 0.3 is 5.97 Å². The Hall–Kier alpha value is -3.41. The molecule has 0 N–H and O–H groups in total. The maximum absolute atomic E-state index is 13.5. The van der Waals surface area contributed by atoms with Crippen LogP contribution in [0.3, 0.4) is 0 Å². The number of rotatable bonds is 5. The number of carbonyl (C=O) groups is 2. The average molecular weight is 434 g/mol. The second-order valence-corrected chi connectivity index (χ2v) is 8.14. The van der Waals surface area contributed by atoms with E-state index in [-0.39, 0.29) is 11.7 Å². The molecule has 1 unspecified atom stereocenters. The maximum atomic E-state index is 13.5. The van der Waals surface area contributed by atoms with Crippen LogP contribution in [0.2, 0.25) is 0 Å². The fraction of sp³-hybridized carbons (Fsp3) is 0.346. The summed E-state index contributed by atoms with van der Waals surface area (Å²) in [7, 11) is 4.51. The number of Topliss-reactive ketones (excluding diaryl/α,β-unsaturated/α-hetero) is 1. The zero-order chi connectivity index (χ0) is 22.8. The molecule has 0 saturated carbocycles. The second kappa shape index (κ2) is 8.99. The van der Waals surface area contributed by atoms with Gasteiger partial charge in [0.25, 0.3) is 0 Å². The Kier molecular flexibility index (Phi) is 6.12. The Labute approximate surface area is 187 Å². The third kappa shape index (κ3) is 3.81. The number of allylic oxidation sites excluding steroid dienone is 2. The molecule has 0 radical (unpaired) electrons. The van der Waals surface area contributed by atoms with Crippen molar-refractivity contribution >= 4 is 17.5 Å². The average Bonchev–Trinajstić information content (AvgIpc) is 2.82. The molecule has 3 atom stereocenters. The summed E-state index contributed by atoms with van der Waals surface area (Å²) >= 11 is 0. The normalized spacial score (nSPS) is 22.7. The monoisotopic (exact) mass is 433 g/mol. The van der Waals surface area contributed by atoms with Crippen molar-refractivity contribution in [2.45, 2.75) is 31.6 Å². The van der Waals surface area contributed by atoms with Gasteiger partial charge in [0, 0.05) is 41.0 Å². The van der Waals surface area contributed by atoms with Gasteiger partial charge in [-0.1, -0.05) is 36.4 Å². The summed E-state index contributed by atoms with van der Waals surface area (Å²) in [6, 6.07) is 15.5. The van der Waals surface area contributed by atoms with E-state index < -0.39 is 17.8 Å². The largest absolute Gasteiger partial charge is 0.497 e. The molecule has 0 bridgehead atoms. The number of methoxy groups -OCH3 is 3. The van der Waals surface area contributed by atoms with Crippen LogP contribution in [0.5, 0.6) is 11.5 Å². The number of nitrogens with zero attached hydrogens (tertiary/aromatic N) is 1. The molecule has 0 fully saturated rings. The lowest BCUT2D eigenvalue weighted by Gasteiger charge is -2.36. The molecular weight excluding hydrogens is 406 g/mol. The van der Waals surface area contributed by atoms with Gasteiger partial charge in [-0.3, -0.25) is 14.6 Å². The number of carbonyl (C=O) groups excluding carboxylic acids is 2. The molecule has 4 rings (SSSR count). The van der Waals surface area contributed by atoms with Crippen LogP contribution in [0, 0.1) is 5.92 Å². The zero-order valence-corrected chi connectivity index (χ0v) is 18.8. The molecule has 0 amide bonds. The van der Waals surface area contributed by atoms with Crippen molar-refractivity contribution in [3.05, 3.63) is 70.9 Å². The number of hydrogen-bond donors (Lipinski definition) is 0. The molecule has 2 aromatic carbocycles. The van der Waals surface area contributed by atoms with Crippen LogP contribution in [0.1, 0.15) is 42.7 Å². The molecule has 32 heavy (non-hydrogen) atoms. The van der Waals surface area contributed by atoms with Crippen LogP contribution in [-0.4, -0.2) is 38.8 Å². The number of hydrogen-bond acceptors (Lipinski definition) is 6. The molecule has 0 aromatic heterocycles. The van der Waals surface area contributed by atoms with Crippen molar-refractivity contribution in [1.82, 2.24) is 0 Å². The minimum absolute atomic E-state index is 0.00753. The molecule has 166 valence electrons. The Morgan fingerprint density at radius 3 is 2.41 bits per heavy atom. The van der Waals surface area contributed by atoms with Crippen molar-refractivity contribution in [2.24, 2.45) is 10.9 Å². The van der Waals surface area contributed by atoms with E-state index in [2.05, 4.69) is 0 Å². The predicted molar refractivity (Wildman–Crippen MR) is 121 cm³/mol. The molecule has 2 aromatic rings. The maximum Gasteiger partial charge on any atom is 0.315 e. The highest BCUT2D eigenvalue weighted by molar-refractivity contribution is 6.09. The van der Waals surface area contributed by atoms with Crippen LogP contribution in [0.25, 0.3) is 0 Å². The molecule has 0 spiro atoms. The highest BCUT2D eigenvalue weighted by Gasteiger charge is 2.45. The van der Waals surface area contributed by atoms with E-state index in [1.807, 2.05) is 49.4 Å². The third-order valence-corrected chi connectivity index (χ3v) is 6.39. The van der Waals surface area contributed by atoms with E-state index in [4.69, 9.17) is 19.2 Å². The lowest BCUT2D eigenvalue weighted by molar-refractivity contribution is -0.143. The van der Waals surface area contributed by atoms with Crippen molar-refractivity contribution < 1.29 is 23.8 Å². The highest BCUT2D eigenvalue weighted by atomic mass is 16.5. The SMILES string of the molecule is COC(=O)C1C(C)=NC2=C(C(=O)C[C@H](c3ccccc3)C2)[C@H]1c1ccc(OC)cc1OC. The minimum atomic E-state index is -0.696. The first-order valence-corrected chi connectivity index (χ1v) is 10.6. The molecule has 1 aliphatic heterocycles. The first-order valence-electron chi connectivity index (χ1n) is 10.6. The molecule has 1 aliphatic carbocycles.